The van der Waals surface area contributed by atoms with Gasteiger partial charge in [-0.3, -0.25) is 9.59 Å². The number of rotatable bonds is 3. The van der Waals surface area contributed by atoms with Crippen molar-refractivity contribution in [3.8, 4) is 11.5 Å². The second-order valence-electron chi connectivity index (χ2n) is 6.09. The van der Waals surface area contributed by atoms with Crippen molar-refractivity contribution in [3.63, 3.8) is 0 Å². The Morgan fingerprint density at radius 2 is 1.85 bits per heavy atom. The Morgan fingerprint density at radius 1 is 1.04 bits per heavy atom. The monoisotopic (exact) mass is 350 g/mol. The maximum absolute atomic E-state index is 12.5. The first-order valence-electron chi connectivity index (χ1n) is 8.48. The van der Waals surface area contributed by atoms with E-state index in [1.54, 1.807) is 35.0 Å². The molecule has 0 saturated carbocycles. The first-order valence-corrected chi connectivity index (χ1v) is 8.48. The minimum absolute atomic E-state index is 0.0554. The molecule has 6 heteroatoms. The third kappa shape index (κ3) is 3.26. The average molecular weight is 350 g/mol. The Balaban J connectivity index is 1.54. The van der Waals surface area contributed by atoms with Crippen molar-refractivity contribution in [1.82, 2.24) is 4.57 Å². The molecule has 4 rings (SSSR count). The van der Waals surface area contributed by atoms with Gasteiger partial charge in [0.2, 0.25) is 5.91 Å². The topological polar surface area (TPSA) is 69.6 Å². The molecule has 0 unspecified atom stereocenters. The lowest BCUT2D eigenvalue weighted by Crippen LogP contribution is -2.20. The minimum Gasteiger partial charge on any atom is -0.490 e. The number of carbonyl (C=O) groups is 1. The van der Waals surface area contributed by atoms with Crippen molar-refractivity contribution in [1.29, 1.82) is 0 Å². The lowest BCUT2D eigenvalue weighted by molar-refractivity contribution is -0.116. The van der Waals surface area contributed by atoms with Gasteiger partial charge in [0.1, 0.15) is 6.54 Å². The summed E-state index contributed by atoms with van der Waals surface area (Å²) in [6.45, 7) is 1.32. The number of benzene rings is 2. The van der Waals surface area contributed by atoms with E-state index in [4.69, 9.17) is 9.47 Å². The number of hydrogen-bond donors (Lipinski definition) is 1. The fourth-order valence-electron chi connectivity index (χ4n) is 2.99. The van der Waals surface area contributed by atoms with Gasteiger partial charge in [0, 0.05) is 35.8 Å². The molecule has 1 amide bonds. The molecule has 6 nitrogen and oxygen atoms in total. The van der Waals surface area contributed by atoms with Crippen molar-refractivity contribution in [2.24, 2.45) is 0 Å². The van der Waals surface area contributed by atoms with E-state index in [1.165, 1.54) is 6.07 Å². The molecule has 0 atom stereocenters. The van der Waals surface area contributed by atoms with Gasteiger partial charge in [-0.25, -0.2) is 0 Å². The SMILES string of the molecule is O=C(Cn1ccc(=O)c2ccccc21)Nc1ccc2c(c1)OCCCO2. The van der Waals surface area contributed by atoms with Crippen LogP contribution in [0.4, 0.5) is 5.69 Å². The highest BCUT2D eigenvalue weighted by atomic mass is 16.5. The smallest absolute Gasteiger partial charge is 0.244 e. The van der Waals surface area contributed by atoms with E-state index in [0.29, 0.717) is 35.8 Å². The lowest BCUT2D eigenvalue weighted by Gasteiger charge is -2.12. The van der Waals surface area contributed by atoms with Gasteiger partial charge in [0.25, 0.3) is 0 Å². The molecule has 1 aliphatic rings. The molecule has 26 heavy (non-hydrogen) atoms. The van der Waals surface area contributed by atoms with Crippen molar-refractivity contribution in [2.75, 3.05) is 18.5 Å². The molecule has 2 heterocycles. The summed E-state index contributed by atoms with van der Waals surface area (Å²) in [7, 11) is 0. The summed E-state index contributed by atoms with van der Waals surface area (Å²) < 4.78 is 13.0. The standard InChI is InChI=1S/C20H18N2O4/c23-17-8-9-22(16-5-2-1-4-15(16)17)13-20(24)21-14-6-7-18-19(12-14)26-11-3-10-25-18/h1-2,4-9,12H,3,10-11,13H2,(H,21,24). The number of nitrogens with one attached hydrogen (secondary N) is 1. The fourth-order valence-corrected chi connectivity index (χ4v) is 2.99. The van der Waals surface area contributed by atoms with Crippen LogP contribution in [-0.2, 0) is 11.3 Å². The quantitative estimate of drug-likeness (QED) is 0.789. The summed E-state index contributed by atoms with van der Waals surface area (Å²) in [5, 5.41) is 3.46. The predicted molar refractivity (Wildman–Crippen MR) is 98.9 cm³/mol. The maximum atomic E-state index is 12.5. The Kier molecular flexibility index (Phi) is 4.31. The van der Waals surface area contributed by atoms with E-state index in [2.05, 4.69) is 5.32 Å². The number of amides is 1. The second-order valence-corrected chi connectivity index (χ2v) is 6.09. The normalized spacial score (nSPS) is 13.2. The van der Waals surface area contributed by atoms with Gasteiger partial charge in [-0.05, 0) is 24.3 Å². The van der Waals surface area contributed by atoms with E-state index in [-0.39, 0.29) is 17.9 Å². The molecule has 132 valence electrons. The number of nitrogens with zero attached hydrogens (tertiary/aromatic N) is 1. The molecule has 0 bridgehead atoms. The van der Waals surface area contributed by atoms with E-state index < -0.39 is 0 Å². The van der Waals surface area contributed by atoms with Crippen LogP contribution in [0.15, 0.2) is 59.5 Å². The Hall–Kier alpha value is -3.28. The van der Waals surface area contributed by atoms with Gasteiger partial charge in [-0.15, -0.1) is 0 Å². The van der Waals surface area contributed by atoms with Gasteiger partial charge < -0.3 is 19.4 Å². The van der Waals surface area contributed by atoms with Crippen LogP contribution >= 0.6 is 0 Å². The van der Waals surface area contributed by atoms with Crippen molar-refractivity contribution in [3.05, 3.63) is 65.0 Å². The number of para-hydroxylation sites is 1. The Bertz CT molecular complexity index is 1030. The van der Waals surface area contributed by atoms with Crippen molar-refractivity contribution < 1.29 is 14.3 Å². The number of hydrogen-bond acceptors (Lipinski definition) is 4. The highest BCUT2D eigenvalue weighted by Crippen LogP contribution is 2.32. The van der Waals surface area contributed by atoms with Crippen LogP contribution in [0.3, 0.4) is 0 Å². The number of fused-ring (bicyclic) bond motifs is 2. The molecule has 0 saturated heterocycles. The average Bonchev–Trinajstić information content (AvgIpc) is 2.89. The van der Waals surface area contributed by atoms with E-state index in [9.17, 15) is 9.59 Å². The molecule has 1 aromatic heterocycles. The summed E-state index contributed by atoms with van der Waals surface area (Å²) >= 11 is 0. The summed E-state index contributed by atoms with van der Waals surface area (Å²) in [6, 6.07) is 14.1. The zero-order chi connectivity index (χ0) is 17.9. The van der Waals surface area contributed by atoms with Crippen LogP contribution in [0.25, 0.3) is 10.9 Å². The lowest BCUT2D eigenvalue weighted by atomic mass is 10.2. The van der Waals surface area contributed by atoms with E-state index in [0.717, 1.165) is 11.9 Å². The van der Waals surface area contributed by atoms with Crippen molar-refractivity contribution >= 4 is 22.5 Å². The second kappa shape index (κ2) is 6.92. The van der Waals surface area contributed by atoms with Crippen LogP contribution < -0.4 is 20.2 Å². The molecule has 1 aliphatic heterocycles. The maximum Gasteiger partial charge on any atom is 0.244 e. The van der Waals surface area contributed by atoms with Crippen LogP contribution in [0.2, 0.25) is 0 Å². The van der Waals surface area contributed by atoms with Crippen molar-refractivity contribution in [2.45, 2.75) is 13.0 Å². The molecule has 0 radical (unpaired) electrons. The molecule has 0 spiro atoms. The predicted octanol–water partition coefficient (Wildman–Crippen LogP) is 2.80. The molecule has 3 aromatic rings. The van der Waals surface area contributed by atoms with Crippen LogP contribution in [-0.4, -0.2) is 23.7 Å². The number of carbonyl (C=O) groups excluding carboxylic acids is 1. The number of pyridine rings is 1. The molecule has 0 aliphatic carbocycles. The van der Waals surface area contributed by atoms with Gasteiger partial charge in [-0.2, -0.15) is 0 Å². The summed E-state index contributed by atoms with van der Waals surface area (Å²) in [4.78, 5) is 24.4. The molecule has 0 fully saturated rings. The molecular weight excluding hydrogens is 332 g/mol. The first kappa shape index (κ1) is 16.2. The van der Waals surface area contributed by atoms with Crippen LogP contribution in [0.1, 0.15) is 6.42 Å². The van der Waals surface area contributed by atoms with Gasteiger partial charge in [-0.1, -0.05) is 12.1 Å². The number of anilines is 1. The molecular formula is C20H18N2O4. The molecule has 1 N–H and O–H groups in total. The fraction of sp³-hybridized carbons (Fsp3) is 0.200. The summed E-state index contributed by atoms with van der Waals surface area (Å²) in [6.07, 6.45) is 2.47. The van der Waals surface area contributed by atoms with Gasteiger partial charge in [0.05, 0.1) is 18.7 Å². The van der Waals surface area contributed by atoms with E-state index >= 15 is 0 Å². The largest absolute Gasteiger partial charge is 0.490 e. The van der Waals surface area contributed by atoms with Gasteiger partial charge >= 0.3 is 0 Å². The van der Waals surface area contributed by atoms with E-state index in [1.807, 2.05) is 18.2 Å². The zero-order valence-corrected chi connectivity index (χ0v) is 14.1. The zero-order valence-electron chi connectivity index (χ0n) is 14.1. The first-order chi connectivity index (χ1) is 12.7. The van der Waals surface area contributed by atoms with Crippen LogP contribution in [0.5, 0.6) is 11.5 Å². The highest BCUT2D eigenvalue weighted by molar-refractivity contribution is 5.92. The third-order valence-electron chi connectivity index (χ3n) is 4.23. The summed E-state index contributed by atoms with van der Waals surface area (Å²) in [5.41, 5.74) is 1.32. The third-order valence-corrected chi connectivity index (χ3v) is 4.23. The number of aromatic nitrogens is 1. The highest BCUT2D eigenvalue weighted by Gasteiger charge is 2.12. The number of ether oxygens (including phenoxy) is 2. The van der Waals surface area contributed by atoms with Gasteiger partial charge in [0.15, 0.2) is 16.9 Å². The van der Waals surface area contributed by atoms with Crippen LogP contribution in [0, 0.1) is 0 Å². The Morgan fingerprint density at radius 3 is 2.73 bits per heavy atom. The minimum atomic E-state index is -0.187. The Labute approximate surface area is 150 Å². The molecule has 2 aromatic carbocycles. The summed E-state index contributed by atoms with van der Waals surface area (Å²) in [5.74, 6) is 1.13.